The highest BCUT2D eigenvalue weighted by Crippen LogP contribution is 2.40. The Labute approximate surface area is 275 Å². The van der Waals surface area contributed by atoms with Crippen molar-refractivity contribution in [3.63, 3.8) is 0 Å². The van der Waals surface area contributed by atoms with Crippen LogP contribution in [0, 0.1) is 5.82 Å². The molecule has 0 radical (unpaired) electrons. The third-order valence-corrected chi connectivity index (χ3v) is 8.70. The Kier molecular flexibility index (Phi) is 10.2. The molecular weight excluding hydrogens is 642 g/mol. The van der Waals surface area contributed by atoms with Gasteiger partial charge in [0.1, 0.15) is 17.4 Å². The molecule has 47 heavy (non-hydrogen) atoms. The number of phosphoric ester groups is 1. The molecule has 5 rings (SSSR count). The van der Waals surface area contributed by atoms with Gasteiger partial charge in [0, 0.05) is 62.9 Å². The van der Waals surface area contributed by atoms with E-state index >= 15 is 0 Å². The highest BCUT2D eigenvalue weighted by Gasteiger charge is 2.23. The number of pyridine rings is 1. The van der Waals surface area contributed by atoms with Gasteiger partial charge in [-0.3, -0.25) is 14.0 Å². The van der Waals surface area contributed by atoms with Gasteiger partial charge in [-0.15, -0.1) is 0 Å². The predicted octanol–water partition coefficient (Wildman–Crippen LogP) is 5.52. The fourth-order valence-corrected chi connectivity index (χ4v) is 5.85. The van der Waals surface area contributed by atoms with Crippen molar-refractivity contribution in [2.24, 2.45) is 0 Å². The van der Waals surface area contributed by atoms with E-state index in [1.54, 1.807) is 42.7 Å². The number of aliphatic hydroxyl groups excluding tert-OH is 1. The van der Waals surface area contributed by atoms with Crippen LogP contribution < -0.4 is 14.4 Å². The summed E-state index contributed by atoms with van der Waals surface area (Å²) in [5, 5.41) is 13.9. The van der Waals surface area contributed by atoms with Crippen molar-refractivity contribution < 1.29 is 37.1 Å². The van der Waals surface area contributed by atoms with Crippen molar-refractivity contribution >= 4 is 18.6 Å². The summed E-state index contributed by atoms with van der Waals surface area (Å²) in [6.45, 7) is 6.38. The van der Waals surface area contributed by atoms with Crippen molar-refractivity contribution in [1.82, 2.24) is 15.3 Å². The van der Waals surface area contributed by atoms with Crippen LogP contribution in [0.1, 0.15) is 38.0 Å². The molecule has 0 amide bonds. The van der Waals surface area contributed by atoms with Crippen molar-refractivity contribution in [3.05, 3.63) is 108 Å². The number of hydrogen-bond acceptors (Lipinski definition) is 6. The van der Waals surface area contributed by atoms with Gasteiger partial charge in [-0.25, -0.2) is 18.5 Å². The molecule has 2 aromatic heterocycles. The van der Waals surface area contributed by atoms with Crippen LogP contribution in [0.5, 0.6) is 5.75 Å². The molecule has 5 aromatic rings. The quantitative estimate of drug-likeness (QED) is 0.0906. The average Bonchev–Trinajstić information content (AvgIpc) is 3.46. The van der Waals surface area contributed by atoms with E-state index in [2.05, 4.69) is 10.3 Å². The molecule has 0 aliphatic carbocycles. The van der Waals surface area contributed by atoms with Crippen LogP contribution in [-0.2, 0) is 21.9 Å². The van der Waals surface area contributed by atoms with Gasteiger partial charge in [0.2, 0.25) is 0 Å². The smallest absolute Gasteiger partial charge is 0.404 e. The number of hydrogen-bond donors (Lipinski definition) is 5. The number of imidazole rings is 1. The Bertz CT molecular complexity index is 1920. The summed E-state index contributed by atoms with van der Waals surface area (Å²) >= 11 is 0. The minimum absolute atomic E-state index is 0.0306. The standard InChI is InChI=1S/C34H36FN4O6PS/c1-34(2,3)36-20-29(40)25-5-6-26(30(19-25)45-46(41,42)43)21-39-17-15-23(16-18-39)32-31(22-7-11-27(35)12-8-22)37-33(38-32)24-9-13-28(14-10-24)47(4)44/h5-19,29,36,40H,20-21H2,1-4H3,(H2,41,42,43)/p+1. The number of phosphoric acid groups is 1. The molecule has 3 aromatic carbocycles. The van der Waals surface area contributed by atoms with Crippen LogP contribution in [0.25, 0.3) is 33.9 Å². The second-order valence-electron chi connectivity index (χ2n) is 12.1. The number of aromatic amines is 1. The molecule has 0 saturated carbocycles. The summed E-state index contributed by atoms with van der Waals surface area (Å²) in [5.41, 5.74) is 4.35. The molecule has 2 atom stereocenters. The first-order chi connectivity index (χ1) is 22.1. The Morgan fingerprint density at radius 3 is 2.21 bits per heavy atom. The summed E-state index contributed by atoms with van der Waals surface area (Å²) < 4.78 is 44.3. The predicted molar refractivity (Wildman–Crippen MR) is 178 cm³/mol. The number of nitrogens with one attached hydrogen (secondary N) is 2. The third-order valence-electron chi connectivity index (χ3n) is 7.33. The average molecular weight is 680 g/mol. The topological polar surface area (TPSA) is 149 Å². The number of rotatable bonds is 11. The second kappa shape index (κ2) is 14.0. The van der Waals surface area contributed by atoms with Gasteiger partial charge in [-0.2, -0.15) is 0 Å². The van der Waals surface area contributed by atoms with E-state index in [0.717, 1.165) is 11.1 Å². The highest BCUT2D eigenvalue weighted by atomic mass is 32.2. The number of β-amino-alcohol motifs (C(OH)–C–C–N with tert-alkyl or cyclic N) is 1. The molecule has 0 aliphatic rings. The van der Waals surface area contributed by atoms with E-state index < -0.39 is 24.7 Å². The normalized spacial score (nSPS) is 13.4. The number of aromatic nitrogens is 3. The molecular formula is C34H37FN4O6PS+. The van der Waals surface area contributed by atoms with Crippen molar-refractivity contribution in [3.8, 4) is 39.7 Å². The number of benzene rings is 3. The van der Waals surface area contributed by atoms with Gasteiger partial charge < -0.3 is 19.9 Å². The molecule has 13 heteroatoms. The highest BCUT2D eigenvalue weighted by molar-refractivity contribution is 7.84. The summed E-state index contributed by atoms with van der Waals surface area (Å²) in [4.78, 5) is 28.1. The molecule has 0 bridgehead atoms. The number of H-pyrrole nitrogens is 1. The van der Waals surface area contributed by atoms with Crippen molar-refractivity contribution in [2.45, 2.75) is 43.9 Å². The fraction of sp³-hybridized carbons (Fsp3) is 0.235. The molecule has 5 N–H and O–H groups in total. The van der Waals surface area contributed by atoms with Crippen molar-refractivity contribution in [2.75, 3.05) is 12.8 Å². The fourth-order valence-electron chi connectivity index (χ4n) is 4.91. The summed E-state index contributed by atoms with van der Waals surface area (Å²) in [7, 11) is -6.00. The Hall–Kier alpha value is -4.03. The Morgan fingerprint density at radius 1 is 0.979 bits per heavy atom. The van der Waals surface area contributed by atoms with Gasteiger partial charge in [0.15, 0.2) is 18.9 Å². The van der Waals surface area contributed by atoms with Crippen LogP contribution in [0.15, 0.2) is 96.2 Å². The van der Waals surface area contributed by atoms with E-state index in [1.807, 2.05) is 62.0 Å². The first-order valence-electron chi connectivity index (χ1n) is 14.8. The molecule has 0 fully saturated rings. The first kappa shape index (κ1) is 34.3. The first-order valence-corrected chi connectivity index (χ1v) is 17.8. The van der Waals surface area contributed by atoms with E-state index in [0.29, 0.717) is 38.8 Å². The minimum Gasteiger partial charge on any atom is -0.404 e. The van der Waals surface area contributed by atoms with Crippen LogP contribution in [0.2, 0.25) is 0 Å². The summed E-state index contributed by atoms with van der Waals surface area (Å²) in [6.07, 6.45) is 4.32. The lowest BCUT2D eigenvalue weighted by molar-refractivity contribution is -0.688. The van der Waals surface area contributed by atoms with E-state index in [4.69, 9.17) is 9.51 Å². The van der Waals surface area contributed by atoms with Crippen LogP contribution in [0.3, 0.4) is 0 Å². The van der Waals surface area contributed by atoms with E-state index in [1.165, 1.54) is 18.2 Å². The van der Waals surface area contributed by atoms with Gasteiger partial charge in [-0.05, 0) is 74.9 Å². The third kappa shape index (κ3) is 9.07. The maximum Gasteiger partial charge on any atom is 0.524 e. The van der Waals surface area contributed by atoms with Gasteiger partial charge in [0.25, 0.3) is 0 Å². The lowest BCUT2D eigenvalue weighted by Crippen LogP contribution is -2.38. The zero-order chi connectivity index (χ0) is 33.9. The maximum absolute atomic E-state index is 13.8. The molecule has 246 valence electrons. The van der Waals surface area contributed by atoms with Crippen molar-refractivity contribution in [1.29, 1.82) is 0 Å². The summed E-state index contributed by atoms with van der Waals surface area (Å²) in [5.74, 6) is 0.196. The van der Waals surface area contributed by atoms with E-state index in [-0.39, 0.29) is 30.2 Å². The molecule has 2 heterocycles. The molecule has 0 saturated heterocycles. The van der Waals surface area contributed by atoms with Gasteiger partial charge in [0.05, 0.1) is 23.1 Å². The zero-order valence-corrected chi connectivity index (χ0v) is 28.1. The largest absolute Gasteiger partial charge is 0.524 e. The van der Waals surface area contributed by atoms with Crippen LogP contribution >= 0.6 is 7.82 Å². The molecule has 0 aliphatic heterocycles. The van der Waals surface area contributed by atoms with E-state index in [9.17, 15) is 28.1 Å². The number of aliphatic hydroxyl groups is 1. The molecule has 0 spiro atoms. The lowest BCUT2D eigenvalue weighted by Gasteiger charge is -2.23. The van der Waals surface area contributed by atoms with Gasteiger partial charge in [-0.1, -0.05) is 18.2 Å². The molecule has 2 unspecified atom stereocenters. The van der Waals surface area contributed by atoms with Crippen LogP contribution in [0.4, 0.5) is 4.39 Å². The molecule has 10 nitrogen and oxygen atoms in total. The number of halogens is 1. The Morgan fingerprint density at radius 2 is 1.62 bits per heavy atom. The van der Waals surface area contributed by atoms with Crippen LogP contribution in [-0.4, -0.2) is 47.4 Å². The second-order valence-corrected chi connectivity index (χ2v) is 14.7. The summed E-state index contributed by atoms with van der Waals surface area (Å²) in [6, 6.07) is 21.9. The lowest BCUT2D eigenvalue weighted by atomic mass is 10.0. The maximum atomic E-state index is 13.8. The minimum atomic E-state index is -4.88. The zero-order valence-electron chi connectivity index (χ0n) is 26.3. The van der Waals surface area contributed by atoms with Gasteiger partial charge >= 0.3 is 7.82 Å². The number of nitrogens with zero attached hydrogens (tertiary/aromatic N) is 2. The Balaban J connectivity index is 1.45. The monoisotopic (exact) mass is 679 g/mol. The SMILES string of the molecule is CS(=O)c1ccc(-c2nc(-c3ccc(F)cc3)c(-c3cc[n+](Cc4ccc(C(O)CNC(C)(C)C)cc4OP(=O)(O)O)cc3)[nH]2)cc1.